The molecule has 0 radical (unpaired) electrons. The summed E-state index contributed by atoms with van der Waals surface area (Å²) in [5.74, 6) is 0.338. The normalized spacial score (nSPS) is 17.7. The van der Waals surface area contributed by atoms with Crippen molar-refractivity contribution < 1.29 is 19.1 Å². The Bertz CT molecular complexity index is 920. The van der Waals surface area contributed by atoms with Gasteiger partial charge in [0, 0.05) is 25.3 Å². The number of carbonyl (C=O) groups is 2. The molecule has 0 aromatic rings. The van der Waals surface area contributed by atoms with Crippen molar-refractivity contribution in [3.63, 3.8) is 0 Å². The highest BCUT2D eigenvalue weighted by atomic mass is 16.7. The minimum atomic E-state index is -0.767. The van der Waals surface area contributed by atoms with Gasteiger partial charge in [0.05, 0.1) is 12.7 Å². The molecule has 0 spiro atoms. The van der Waals surface area contributed by atoms with Crippen LogP contribution in [0.1, 0.15) is 181 Å². The summed E-state index contributed by atoms with van der Waals surface area (Å²) in [6.45, 7) is 5.75. The van der Waals surface area contributed by atoms with Gasteiger partial charge in [-0.2, -0.15) is 0 Å². The Kier molecular flexibility index (Phi) is 31.7. The maximum atomic E-state index is 13.3. The molecule has 1 aliphatic rings. The Hall–Kier alpha value is -1.82. The lowest BCUT2D eigenvalue weighted by molar-refractivity contribution is -0.213. The summed E-state index contributed by atoms with van der Waals surface area (Å²) < 4.78 is 11.9. The first-order valence-electron chi connectivity index (χ1n) is 21.0. The SMILES string of the molecule is CCCCC/C=C\C/C=C\CCCCCCCC(=O)C(CC1CCOC(C(=O)CCCCCCC/C=C\C/C=C\CCCCC)O1)CN(C)C. The van der Waals surface area contributed by atoms with Crippen molar-refractivity contribution in [1.82, 2.24) is 4.90 Å². The summed E-state index contributed by atoms with van der Waals surface area (Å²) in [6.07, 6.45) is 46.0. The van der Waals surface area contributed by atoms with Crippen LogP contribution in [0, 0.1) is 5.92 Å². The highest BCUT2D eigenvalue weighted by Gasteiger charge is 2.31. The molecule has 50 heavy (non-hydrogen) atoms. The van der Waals surface area contributed by atoms with Crippen LogP contribution in [0.4, 0.5) is 0 Å². The van der Waals surface area contributed by atoms with E-state index in [1.165, 1.54) is 83.5 Å². The van der Waals surface area contributed by atoms with Crippen molar-refractivity contribution in [2.24, 2.45) is 5.92 Å². The molecule has 5 heteroatoms. The van der Waals surface area contributed by atoms with E-state index in [1.54, 1.807) is 0 Å². The Balaban J connectivity index is 2.20. The molecule has 288 valence electrons. The average Bonchev–Trinajstić information content (AvgIpc) is 3.11. The molecular weight excluding hydrogens is 618 g/mol. The van der Waals surface area contributed by atoms with Crippen LogP contribution in [0.25, 0.3) is 0 Å². The molecule has 1 fully saturated rings. The summed E-state index contributed by atoms with van der Waals surface area (Å²) in [4.78, 5) is 28.3. The van der Waals surface area contributed by atoms with E-state index >= 15 is 0 Å². The predicted octanol–water partition coefficient (Wildman–Crippen LogP) is 12.5. The van der Waals surface area contributed by atoms with E-state index in [0.717, 1.165) is 70.8 Å². The quantitative estimate of drug-likeness (QED) is 0.0495. The first-order valence-corrected chi connectivity index (χ1v) is 21.0. The van der Waals surface area contributed by atoms with Crippen molar-refractivity contribution in [1.29, 1.82) is 0 Å². The van der Waals surface area contributed by atoms with Crippen LogP contribution in [-0.2, 0) is 19.1 Å². The van der Waals surface area contributed by atoms with Gasteiger partial charge in [-0.15, -0.1) is 0 Å². The van der Waals surface area contributed by atoms with E-state index in [1.807, 2.05) is 14.1 Å². The van der Waals surface area contributed by atoms with E-state index in [0.29, 0.717) is 31.7 Å². The lowest BCUT2D eigenvalue weighted by atomic mass is 9.91. The fraction of sp³-hybridized carbons (Fsp3) is 0.778. The summed E-state index contributed by atoms with van der Waals surface area (Å²) in [7, 11) is 4.06. The first-order chi connectivity index (χ1) is 24.5. The number of hydrogen-bond acceptors (Lipinski definition) is 5. The van der Waals surface area contributed by atoms with Crippen molar-refractivity contribution in [3.05, 3.63) is 48.6 Å². The van der Waals surface area contributed by atoms with Crippen LogP contribution in [0.3, 0.4) is 0 Å². The fourth-order valence-electron chi connectivity index (χ4n) is 6.54. The zero-order chi connectivity index (χ0) is 36.3. The van der Waals surface area contributed by atoms with Gasteiger partial charge in [-0.1, -0.05) is 127 Å². The molecule has 0 amide bonds. The molecule has 3 atom stereocenters. The number of allylic oxidation sites excluding steroid dienone is 8. The second kappa shape index (κ2) is 34.3. The van der Waals surface area contributed by atoms with E-state index < -0.39 is 6.29 Å². The molecule has 0 aliphatic carbocycles. The van der Waals surface area contributed by atoms with Gasteiger partial charge in [0.2, 0.25) is 6.29 Å². The third-order valence-electron chi connectivity index (χ3n) is 9.62. The molecular formula is C45H79NO4. The minimum absolute atomic E-state index is 0.0565. The lowest BCUT2D eigenvalue weighted by Crippen LogP contribution is -2.40. The number of ether oxygens (including phenoxy) is 2. The summed E-state index contributed by atoms with van der Waals surface area (Å²) in [5.41, 5.74) is 0. The Morgan fingerprint density at radius 1 is 0.620 bits per heavy atom. The molecule has 0 aromatic heterocycles. The van der Waals surface area contributed by atoms with Gasteiger partial charge >= 0.3 is 0 Å². The van der Waals surface area contributed by atoms with Crippen molar-refractivity contribution in [3.8, 4) is 0 Å². The number of rotatable bonds is 34. The van der Waals surface area contributed by atoms with Gasteiger partial charge in [-0.05, 0) is 104 Å². The van der Waals surface area contributed by atoms with Crippen molar-refractivity contribution >= 4 is 11.6 Å². The third-order valence-corrected chi connectivity index (χ3v) is 9.62. The molecule has 0 N–H and O–H groups in total. The lowest BCUT2D eigenvalue weighted by Gasteiger charge is -2.32. The number of hydrogen-bond donors (Lipinski definition) is 0. The third kappa shape index (κ3) is 27.8. The molecule has 3 unspecified atom stereocenters. The Labute approximate surface area is 309 Å². The average molecular weight is 698 g/mol. The van der Waals surface area contributed by atoms with Crippen LogP contribution >= 0.6 is 0 Å². The Morgan fingerprint density at radius 3 is 1.58 bits per heavy atom. The molecule has 1 rings (SSSR count). The molecule has 0 aromatic carbocycles. The maximum Gasteiger partial charge on any atom is 0.218 e. The zero-order valence-electron chi connectivity index (χ0n) is 33.2. The topological polar surface area (TPSA) is 55.8 Å². The van der Waals surface area contributed by atoms with E-state index in [2.05, 4.69) is 67.4 Å². The molecule has 5 nitrogen and oxygen atoms in total. The maximum absolute atomic E-state index is 13.3. The minimum Gasteiger partial charge on any atom is -0.346 e. The molecule has 1 saturated heterocycles. The van der Waals surface area contributed by atoms with Crippen LogP contribution in [0.2, 0.25) is 0 Å². The molecule has 0 saturated carbocycles. The zero-order valence-corrected chi connectivity index (χ0v) is 33.2. The number of unbranched alkanes of at least 4 members (excludes halogenated alkanes) is 16. The van der Waals surface area contributed by atoms with Gasteiger partial charge < -0.3 is 14.4 Å². The highest BCUT2D eigenvalue weighted by Crippen LogP contribution is 2.24. The van der Waals surface area contributed by atoms with E-state index in [9.17, 15) is 9.59 Å². The number of nitrogens with zero attached hydrogens (tertiary/aromatic N) is 1. The first kappa shape index (κ1) is 46.2. The van der Waals surface area contributed by atoms with Gasteiger partial charge in [0.15, 0.2) is 5.78 Å². The van der Waals surface area contributed by atoms with E-state index in [-0.39, 0.29) is 17.8 Å². The van der Waals surface area contributed by atoms with E-state index in [4.69, 9.17) is 9.47 Å². The van der Waals surface area contributed by atoms with Crippen molar-refractivity contribution in [2.45, 2.75) is 193 Å². The van der Waals surface area contributed by atoms with Gasteiger partial charge in [0.25, 0.3) is 0 Å². The molecule has 1 aliphatic heterocycles. The second-order valence-corrected chi connectivity index (χ2v) is 14.8. The van der Waals surface area contributed by atoms with Crippen molar-refractivity contribution in [2.75, 3.05) is 27.2 Å². The van der Waals surface area contributed by atoms with Crippen LogP contribution < -0.4 is 0 Å². The summed E-state index contributed by atoms with van der Waals surface area (Å²) in [6, 6.07) is 0. The summed E-state index contributed by atoms with van der Waals surface area (Å²) in [5, 5.41) is 0. The van der Waals surface area contributed by atoms with Gasteiger partial charge in [-0.25, -0.2) is 0 Å². The Morgan fingerprint density at radius 2 is 1.08 bits per heavy atom. The van der Waals surface area contributed by atoms with Crippen LogP contribution in [-0.4, -0.2) is 56.1 Å². The summed E-state index contributed by atoms with van der Waals surface area (Å²) >= 11 is 0. The number of ketones is 2. The number of Topliss-reactive ketones (excluding diaryl/α,β-unsaturated/α-hetero) is 2. The molecule has 0 bridgehead atoms. The van der Waals surface area contributed by atoms with Gasteiger partial charge in [0.1, 0.15) is 5.78 Å². The van der Waals surface area contributed by atoms with Gasteiger partial charge in [-0.3, -0.25) is 9.59 Å². The molecule has 1 heterocycles. The van der Waals surface area contributed by atoms with Crippen LogP contribution in [0.5, 0.6) is 0 Å². The highest BCUT2D eigenvalue weighted by molar-refractivity contribution is 5.82. The smallest absolute Gasteiger partial charge is 0.218 e. The second-order valence-electron chi connectivity index (χ2n) is 14.8. The fourth-order valence-corrected chi connectivity index (χ4v) is 6.54. The number of carbonyl (C=O) groups excluding carboxylic acids is 2. The largest absolute Gasteiger partial charge is 0.346 e. The standard InChI is InChI=1S/C45H79NO4/c1-5-7-9-11-13-15-17-19-21-23-25-27-29-31-33-35-43(47)41(40-46(3)4)39-42-37-38-49-45(50-42)44(48)36-34-32-30-28-26-24-22-20-18-16-14-12-10-8-6-2/h13-16,19-22,41-42,45H,5-12,17-18,23-40H2,1-4H3/b15-13-,16-14-,21-19-,22-20-. The predicted molar refractivity (Wildman–Crippen MR) is 215 cm³/mol. The monoisotopic (exact) mass is 698 g/mol. The van der Waals surface area contributed by atoms with Crippen LogP contribution in [0.15, 0.2) is 48.6 Å².